The minimum atomic E-state index is -0.418. The number of amides is 1. The molecule has 4 rings (SSSR count). The van der Waals surface area contributed by atoms with Crippen LogP contribution in [0.2, 0.25) is 5.02 Å². The summed E-state index contributed by atoms with van der Waals surface area (Å²) in [6.45, 7) is 2.48. The molecule has 7 nitrogen and oxygen atoms in total. The monoisotopic (exact) mass is 530 g/mol. The third kappa shape index (κ3) is 5.46. The van der Waals surface area contributed by atoms with Gasteiger partial charge >= 0.3 is 5.97 Å². The van der Waals surface area contributed by atoms with Crippen LogP contribution in [-0.2, 0) is 9.53 Å². The fourth-order valence-electron chi connectivity index (χ4n) is 3.40. The van der Waals surface area contributed by atoms with Crippen LogP contribution >= 0.6 is 27.5 Å². The van der Waals surface area contributed by atoms with Crippen LogP contribution in [0, 0.1) is 0 Å². The first-order chi connectivity index (χ1) is 15.9. The molecule has 170 valence electrons. The Morgan fingerprint density at radius 2 is 2.00 bits per heavy atom. The van der Waals surface area contributed by atoms with Crippen molar-refractivity contribution < 1.29 is 23.8 Å². The van der Waals surface area contributed by atoms with Crippen LogP contribution in [0.15, 0.2) is 59.2 Å². The van der Waals surface area contributed by atoms with Gasteiger partial charge in [0, 0.05) is 27.9 Å². The number of anilines is 1. The summed E-state index contributed by atoms with van der Waals surface area (Å²) < 4.78 is 17.6. The molecule has 9 heteroatoms. The molecule has 1 amide bonds. The van der Waals surface area contributed by atoms with Crippen LogP contribution in [0.3, 0.4) is 0 Å². The van der Waals surface area contributed by atoms with Gasteiger partial charge in [-0.15, -0.1) is 0 Å². The van der Waals surface area contributed by atoms with Gasteiger partial charge in [-0.05, 0) is 71.7 Å². The highest BCUT2D eigenvalue weighted by Crippen LogP contribution is 2.42. The maximum Gasteiger partial charge on any atom is 0.313 e. The summed E-state index contributed by atoms with van der Waals surface area (Å²) in [6, 6.07) is 13.5. The number of fused-ring (bicyclic) bond motifs is 1. The van der Waals surface area contributed by atoms with Gasteiger partial charge in [-0.25, -0.2) is 4.98 Å². The number of ether oxygens (including phenoxy) is 3. The first-order valence-corrected chi connectivity index (χ1v) is 11.5. The van der Waals surface area contributed by atoms with Crippen molar-refractivity contribution in [3.05, 3.63) is 75.4 Å². The summed E-state index contributed by atoms with van der Waals surface area (Å²) in [7, 11) is 0. The van der Waals surface area contributed by atoms with Crippen LogP contribution in [0.4, 0.5) is 5.82 Å². The van der Waals surface area contributed by atoms with Crippen molar-refractivity contribution >= 4 is 45.2 Å². The lowest BCUT2D eigenvalue weighted by Crippen LogP contribution is -2.23. The summed E-state index contributed by atoms with van der Waals surface area (Å²) in [4.78, 5) is 28.8. The van der Waals surface area contributed by atoms with Crippen molar-refractivity contribution in [2.45, 2.75) is 19.3 Å². The molecule has 2 aromatic carbocycles. The van der Waals surface area contributed by atoms with E-state index in [1.54, 1.807) is 61.7 Å². The van der Waals surface area contributed by atoms with E-state index >= 15 is 0 Å². The number of hydrogen-bond acceptors (Lipinski definition) is 6. The molecule has 1 aliphatic heterocycles. The molecule has 0 saturated carbocycles. The molecule has 1 N–H and O–H groups in total. The van der Waals surface area contributed by atoms with Gasteiger partial charge < -0.3 is 19.5 Å². The van der Waals surface area contributed by atoms with E-state index in [9.17, 15) is 9.59 Å². The highest BCUT2D eigenvalue weighted by molar-refractivity contribution is 9.10. The Bertz CT molecular complexity index is 1170. The molecule has 1 unspecified atom stereocenters. The minimum absolute atomic E-state index is 0.290. The molecular formula is C24H20BrClN2O5. The number of hydrogen-bond donors (Lipinski definition) is 1. The molecule has 1 aromatic heterocycles. The van der Waals surface area contributed by atoms with E-state index in [0.717, 1.165) is 4.47 Å². The molecule has 0 spiro atoms. The van der Waals surface area contributed by atoms with Gasteiger partial charge in [0.2, 0.25) is 0 Å². The Hall–Kier alpha value is -3.10. The van der Waals surface area contributed by atoms with Crippen molar-refractivity contribution in [2.75, 3.05) is 18.5 Å². The fourth-order valence-corrected chi connectivity index (χ4v) is 3.84. The van der Waals surface area contributed by atoms with Gasteiger partial charge in [-0.1, -0.05) is 11.6 Å². The Morgan fingerprint density at radius 3 is 2.70 bits per heavy atom. The van der Waals surface area contributed by atoms with Crippen molar-refractivity contribution in [1.82, 2.24) is 4.98 Å². The Morgan fingerprint density at radius 1 is 1.21 bits per heavy atom. The van der Waals surface area contributed by atoms with E-state index in [2.05, 4.69) is 26.2 Å². The highest BCUT2D eigenvalue weighted by Gasteiger charge is 2.30. The number of carbonyl (C=O) groups excluding carboxylic acids is 2. The third-order valence-electron chi connectivity index (χ3n) is 4.99. The molecule has 2 heterocycles. The Labute approximate surface area is 204 Å². The molecule has 33 heavy (non-hydrogen) atoms. The number of esters is 1. The zero-order chi connectivity index (χ0) is 23.4. The molecule has 0 bridgehead atoms. The summed E-state index contributed by atoms with van der Waals surface area (Å²) in [5.74, 6) is 0.866. The molecule has 3 aromatic rings. The van der Waals surface area contributed by atoms with Gasteiger partial charge in [-0.3, -0.25) is 9.59 Å². The molecular weight excluding hydrogens is 512 g/mol. The first kappa shape index (κ1) is 23.1. The van der Waals surface area contributed by atoms with Crippen molar-refractivity contribution in [3.63, 3.8) is 0 Å². The minimum Gasteiger partial charge on any atom is -0.493 e. The number of rotatable bonds is 6. The predicted molar refractivity (Wildman–Crippen MR) is 127 cm³/mol. The number of pyridine rings is 1. The van der Waals surface area contributed by atoms with Crippen molar-refractivity contribution in [1.29, 1.82) is 0 Å². The van der Waals surface area contributed by atoms with E-state index in [4.69, 9.17) is 25.8 Å². The number of nitrogens with zero attached hydrogens (tertiary/aromatic N) is 1. The van der Waals surface area contributed by atoms with Gasteiger partial charge in [0.1, 0.15) is 23.1 Å². The third-order valence-corrected chi connectivity index (χ3v) is 5.75. The number of benzene rings is 2. The van der Waals surface area contributed by atoms with Gasteiger partial charge in [0.05, 0.1) is 24.2 Å². The van der Waals surface area contributed by atoms with Crippen LogP contribution < -0.4 is 14.8 Å². The largest absolute Gasteiger partial charge is 0.493 e. The molecule has 0 saturated heterocycles. The highest BCUT2D eigenvalue weighted by atomic mass is 79.9. The Kier molecular flexibility index (Phi) is 7.15. The first-order valence-electron chi connectivity index (χ1n) is 10.3. The standard InChI is InChI=1S/C24H20BrClN2O5/c1-2-31-24(30)17-9-10-32-20-12-21(19(26)11-18(17)20)33-16-6-3-14(4-7-16)23(29)28-22-8-5-15(25)13-27-22/h3-8,11-13,17H,2,9-10H2,1H3,(H,27,28,29). The smallest absolute Gasteiger partial charge is 0.313 e. The van der Waals surface area contributed by atoms with Gasteiger partial charge in [-0.2, -0.15) is 0 Å². The van der Waals surface area contributed by atoms with E-state index in [1.165, 1.54) is 0 Å². The summed E-state index contributed by atoms with van der Waals surface area (Å²) in [5, 5.41) is 3.08. The van der Waals surface area contributed by atoms with Gasteiger partial charge in [0.15, 0.2) is 0 Å². The molecule has 0 fully saturated rings. The second kappa shape index (κ2) is 10.2. The van der Waals surface area contributed by atoms with Crippen molar-refractivity contribution in [3.8, 4) is 17.2 Å². The lowest BCUT2D eigenvalue weighted by Gasteiger charge is -2.25. The van der Waals surface area contributed by atoms with Crippen molar-refractivity contribution in [2.24, 2.45) is 0 Å². The fraction of sp³-hybridized carbons (Fsp3) is 0.208. The number of halogens is 2. The second-order valence-electron chi connectivity index (χ2n) is 7.20. The molecule has 0 radical (unpaired) electrons. The summed E-state index contributed by atoms with van der Waals surface area (Å²) in [6.07, 6.45) is 2.13. The summed E-state index contributed by atoms with van der Waals surface area (Å²) in [5.41, 5.74) is 1.13. The van der Waals surface area contributed by atoms with Crippen LogP contribution in [0.25, 0.3) is 0 Å². The zero-order valence-electron chi connectivity index (χ0n) is 17.6. The topological polar surface area (TPSA) is 86.8 Å². The number of aromatic nitrogens is 1. The quantitative estimate of drug-likeness (QED) is 0.394. The van der Waals surface area contributed by atoms with Crippen LogP contribution in [-0.4, -0.2) is 30.1 Å². The lowest BCUT2D eigenvalue weighted by molar-refractivity contribution is -0.145. The maximum atomic E-state index is 12.4. The second-order valence-corrected chi connectivity index (χ2v) is 8.53. The van der Waals surface area contributed by atoms with Gasteiger partial charge in [0.25, 0.3) is 5.91 Å². The number of carbonyl (C=O) groups is 2. The number of nitrogens with one attached hydrogen (secondary N) is 1. The van der Waals surface area contributed by atoms with Crippen LogP contribution in [0.1, 0.15) is 35.2 Å². The lowest BCUT2D eigenvalue weighted by atomic mass is 9.93. The predicted octanol–water partition coefficient (Wildman–Crippen LogP) is 5.97. The SMILES string of the molecule is CCOC(=O)C1CCOc2cc(Oc3ccc(C(=O)Nc4ccc(Br)cn4)cc3)c(Cl)cc21. The van der Waals surface area contributed by atoms with Crippen LogP contribution in [0.5, 0.6) is 17.2 Å². The summed E-state index contributed by atoms with van der Waals surface area (Å²) >= 11 is 9.74. The van der Waals surface area contributed by atoms with E-state index in [1.807, 2.05) is 0 Å². The normalized spacial score (nSPS) is 14.6. The molecule has 0 aliphatic carbocycles. The average molecular weight is 532 g/mol. The van der Waals surface area contributed by atoms with E-state index < -0.39 is 5.92 Å². The maximum absolute atomic E-state index is 12.4. The average Bonchev–Trinajstić information content (AvgIpc) is 2.81. The molecule has 1 atom stereocenters. The molecule has 1 aliphatic rings. The van der Waals surface area contributed by atoms with E-state index in [0.29, 0.717) is 58.9 Å². The van der Waals surface area contributed by atoms with E-state index in [-0.39, 0.29) is 11.9 Å². The zero-order valence-corrected chi connectivity index (χ0v) is 20.0. The Balaban J connectivity index is 1.47.